The third kappa shape index (κ3) is 12.3. The number of benzene rings is 8. The van der Waals surface area contributed by atoms with Gasteiger partial charge in [-0.15, -0.1) is 44.5 Å². The summed E-state index contributed by atoms with van der Waals surface area (Å²) in [5, 5.41) is 88.5. The number of azo groups is 4. The zero-order valence-corrected chi connectivity index (χ0v) is 44.2. The molecule has 0 fully saturated rings. The van der Waals surface area contributed by atoms with Crippen molar-refractivity contribution in [1.82, 2.24) is 0 Å². The van der Waals surface area contributed by atoms with Crippen LogP contribution >= 0.6 is 24.1 Å². The summed E-state index contributed by atoms with van der Waals surface area (Å²) in [5.41, 5.74) is 1.87. The van der Waals surface area contributed by atoms with E-state index in [1.165, 1.54) is 73.8 Å². The summed E-state index contributed by atoms with van der Waals surface area (Å²) in [5.74, 6) is -2.20. The Balaban J connectivity index is 1.19. The number of fused-ring (bicyclic) bond motifs is 3. The third-order valence-corrected chi connectivity index (χ3v) is 15.7. The van der Waals surface area contributed by atoms with Crippen molar-refractivity contribution in [2.45, 2.75) is 29.4 Å². The maximum Gasteiger partial charge on any atom is 0.297 e. The van der Waals surface area contributed by atoms with Crippen molar-refractivity contribution in [2.75, 3.05) is 12.8 Å². The number of aromatic hydroxyl groups is 3. The van der Waals surface area contributed by atoms with E-state index in [1.807, 2.05) is 0 Å². The molecule has 8 aromatic rings. The molecule has 0 aliphatic heterocycles. The molecule has 0 saturated heterocycles. The quantitative estimate of drug-likeness (QED) is 0.00897. The van der Waals surface area contributed by atoms with Gasteiger partial charge in [-0.2, -0.15) is 38.8 Å². The zero-order chi connectivity index (χ0) is 58.1. The Kier molecular flexibility index (Phi) is 16.7. The molecular weight excluding hydrogens is 1190 g/mol. The predicted molar refractivity (Wildman–Crippen MR) is 278 cm³/mol. The highest BCUT2D eigenvalue weighted by atomic mass is 32.2. The Labute approximate surface area is 456 Å². The molecule has 37 heteroatoms. The second-order valence-electron chi connectivity index (χ2n) is 15.7. The molecule has 0 saturated carbocycles. The maximum absolute atomic E-state index is 13.1. The minimum atomic E-state index is -5.58. The van der Waals surface area contributed by atoms with E-state index in [9.17, 15) is 67.2 Å². The highest BCUT2D eigenvalue weighted by molar-refractivity contribution is 7.95. The second-order valence-corrected chi connectivity index (χ2v) is 22.7. The normalized spacial score (nSPS) is 12.9. The smallest absolute Gasteiger partial charge is 0.297 e. The van der Waals surface area contributed by atoms with E-state index >= 15 is 0 Å². The van der Waals surface area contributed by atoms with Crippen LogP contribution in [-0.4, -0.2) is 84.8 Å². The minimum absolute atomic E-state index is 0.0395. The lowest BCUT2D eigenvalue weighted by atomic mass is 10.1. The van der Waals surface area contributed by atoms with Crippen molar-refractivity contribution in [2.24, 2.45) is 40.9 Å². The van der Waals surface area contributed by atoms with Crippen LogP contribution in [0, 0.1) is 0 Å². The fraction of sp³-hybridized carbons (Fsp3) is 0.0233. The highest BCUT2D eigenvalue weighted by Gasteiger charge is 2.29. The number of rotatable bonds is 19. The van der Waals surface area contributed by atoms with Gasteiger partial charge in [0.25, 0.3) is 40.5 Å². The van der Waals surface area contributed by atoms with Gasteiger partial charge in [-0.1, -0.05) is 28.3 Å². The van der Waals surface area contributed by atoms with Crippen LogP contribution in [0.1, 0.15) is 0 Å². The molecule has 0 atom stereocenters. The summed E-state index contributed by atoms with van der Waals surface area (Å²) in [6, 6.07) is 19.8. The molecule has 0 amide bonds. The van der Waals surface area contributed by atoms with Gasteiger partial charge < -0.3 is 25.8 Å². The number of phenols is 3. The Morgan fingerprint density at radius 2 is 1.02 bits per heavy atom. The number of hydrogen-bond donors (Lipinski definition) is 10. The van der Waals surface area contributed by atoms with Crippen molar-refractivity contribution in [3.63, 3.8) is 0 Å². The van der Waals surface area contributed by atoms with E-state index in [0.29, 0.717) is 30.2 Å². The fourth-order valence-corrected chi connectivity index (χ4v) is 11.2. The van der Waals surface area contributed by atoms with E-state index in [0.717, 1.165) is 30.3 Å². The van der Waals surface area contributed by atoms with Crippen LogP contribution in [0.3, 0.4) is 0 Å². The van der Waals surface area contributed by atoms with E-state index in [4.69, 9.17) is 21.0 Å². The summed E-state index contributed by atoms with van der Waals surface area (Å²) in [6.07, 6.45) is 0. The Morgan fingerprint density at radius 1 is 0.463 bits per heavy atom. The first-order valence-corrected chi connectivity index (χ1v) is 28.3. The fourth-order valence-electron chi connectivity index (χ4n) is 7.48. The number of hydrogen-bond acceptors (Lipinski definition) is 29. The molecule has 80 heavy (non-hydrogen) atoms. The monoisotopic (exact) mass is 1220 g/mol. The van der Waals surface area contributed by atoms with Crippen LogP contribution in [-0.2, 0) is 59.2 Å². The van der Waals surface area contributed by atoms with Gasteiger partial charge in [-0.3, -0.25) is 18.2 Å². The molecule has 0 aliphatic carbocycles. The first kappa shape index (κ1) is 58.2. The first-order valence-electron chi connectivity index (χ1n) is 21.1. The molecule has 0 spiro atoms. The Bertz CT molecular complexity index is 4460. The molecule has 11 N–H and O–H groups in total. The van der Waals surface area contributed by atoms with Gasteiger partial charge in [0.2, 0.25) is 0 Å². The largest absolute Gasteiger partial charge is 0.505 e. The lowest BCUT2D eigenvalue weighted by molar-refractivity contribution is -0.432. The Hall–Kier alpha value is -7.96. The maximum atomic E-state index is 13.1. The summed E-state index contributed by atoms with van der Waals surface area (Å²) < 4.78 is 156. The molecule has 0 heterocycles. The SMILES string of the molecule is COc1ccc(N=Nc2c(S(=O)(=O)O)cc3c(S(=O)(=O)O)c(N=Nc4c(S(=O)(=O)O)cc5ccc(N=Nc6ccc7c(O)c(N=Nc8ccccc8S(=O)(=O)O)c(SOOO)cc7c6)c(O)c5c4N)ccc3c2O)c(SOOO)c1. The number of nitrogen functional groups attached to an aromatic ring is 1. The van der Waals surface area contributed by atoms with E-state index < -0.39 is 111 Å². The summed E-state index contributed by atoms with van der Waals surface area (Å²) in [6.45, 7) is 0. The summed E-state index contributed by atoms with van der Waals surface area (Å²) >= 11 is 0.727. The molecule has 0 aliphatic rings. The van der Waals surface area contributed by atoms with Gasteiger partial charge in [0.1, 0.15) is 65.1 Å². The van der Waals surface area contributed by atoms with Gasteiger partial charge >= 0.3 is 0 Å². The van der Waals surface area contributed by atoms with E-state index in [1.54, 1.807) is 0 Å². The lowest BCUT2D eigenvalue weighted by Gasteiger charge is -2.13. The number of phenolic OH excluding ortho intramolecular Hbond substituents is 3. The zero-order valence-electron chi connectivity index (χ0n) is 39.3. The molecule has 416 valence electrons. The average molecular weight is 1220 g/mol. The molecule has 8 aromatic carbocycles. The van der Waals surface area contributed by atoms with Crippen LogP contribution < -0.4 is 10.5 Å². The van der Waals surface area contributed by atoms with E-state index in [2.05, 4.69) is 59.7 Å². The van der Waals surface area contributed by atoms with Crippen LogP contribution in [0.5, 0.6) is 23.0 Å². The number of ether oxygens (including phenoxy) is 1. The number of methoxy groups -OCH3 is 1. The molecule has 0 bridgehead atoms. The van der Waals surface area contributed by atoms with Crippen molar-refractivity contribution >= 4 is 148 Å². The number of nitrogens with two attached hydrogens (primary N) is 1. The van der Waals surface area contributed by atoms with Gasteiger partial charge in [-0.25, -0.2) is 10.5 Å². The topological polar surface area (TPSA) is 490 Å². The summed E-state index contributed by atoms with van der Waals surface area (Å²) in [7, 11) is -19.8. The summed E-state index contributed by atoms with van der Waals surface area (Å²) in [4.78, 5) is -4.23. The van der Waals surface area contributed by atoms with Crippen LogP contribution in [0.4, 0.5) is 51.2 Å². The number of nitrogens with zero attached hydrogens (tertiary/aromatic N) is 8. The molecule has 0 aromatic heterocycles. The lowest BCUT2D eigenvalue weighted by Crippen LogP contribution is -2.03. The van der Waals surface area contributed by atoms with Gasteiger partial charge in [-0.05, 0) is 95.7 Å². The molecule has 0 radical (unpaired) electrons. The van der Waals surface area contributed by atoms with Crippen LogP contribution in [0.2, 0.25) is 0 Å². The third-order valence-electron chi connectivity index (χ3n) is 10.9. The van der Waals surface area contributed by atoms with Crippen molar-refractivity contribution in [3.05, 3.63) is 103 Å². The predicted octanol–water partition coefficient (Wildman–Crippen LogP) is 11.4. The van der Waals surface area contributed by atoms with Crippen molar-refractivity contribution in [1.29, 1.82) is 0 Å². The molecule has 31 nitrogen and oxygen atoms in total. The average Bonchev–Trinajstić information content (AvgIpc) is 3.61. The van der Waals surface area contributed by atoms with Crippen LogP contribution in [0.15, 0.2) is 173 Å². The van der Waals surface area contributed by atoms with Gasteiger partial charge in [0.05, 0.1) is 57.7 Å². The molecule has 8 rings (SSSR count). The standard InChI is InChI=1S/C43H31N9O22S6/c1-70-22-8-12-26(30(17-22)75-73-71-56)46-52-39-34(79(64,65)66)18-25-24(41(39)54)10-13-29(43(25)80(67,68)69)49-51-38-33(78(61,62)63)16-19-6-11-28(42(55)35(19)36(38)44)48-45-21-7-9-23-20(14-21)15-31(76-74-72-57)37(40(23)53)50-47-27-4-2-3-5-32(27)77(58,59)60/h2-18,53-57H,44H2,1H3,(H,58,59,60)(H,61,62,63)(H,64,65,66)(H,67,68,69). The number of anilines is 1. The van der Waals surface area contributed by atoms with Gasteiger partial charge in [0, 0.05) is 16.2 Å². The van der Waals surface area contributed by atoms with Gasteiger partial charge in [0.15, 0.2) is 17.2 Å². The molecular formula is C43H31N9O22S6. The highest BCUT2D eigenvalue weighted by Crippen LogP contribution is 2.50. The van der Waals surface area contributed by atoms with Crippen LogP contribution in [0.25, 0.3) is 32.3 Å². The first-order chi connectivity index (χ1) is 37.7. The van der Waals surface area contributed by atoms with E-state index in [-0.39, 0.29) is 65.5 Å². The Morgan fingerprint density at radius 3 is 1.69 bits per heavy atom. The van der Waals surface area contributed by atoms with Crippen molar-refractivity contribution in [3.8, 4) is 23.0 Å². The second kappa shape index (κ2) is 23.0. The minimum Gasteiger partial charge on any atom is -0.505 e. The molecule has 0 unspecified atom stereocenters. The van der Waals surface area contributed by atoms with Crippen molar-refractivity contribution < 1.29 is 101 Å².